The maximum atomic E-state index is 13.7. The second kappa shape index (κ2) is 6.90. The van der Waals surface area contributed by atoms with Crippen LogP contribution in [0.2, 0.25) is 0 Å². The Morgan fingerprint density at radius 2 is 2.07 bits per heavy atom. The summed E-state index contributed by atoms with van der Waals surface area (Å²) >= 11 is 0. The molecule has 0 saturated heterocycles. The minimum Gasteiger partial charge on any atom is -0.351 e. The maximum Gasteiger partial charge on any atom is 0.223 e. The summed E-state index contributed by atoms with van der Waals surface area (Å²) in [6.07, 6.45) is 9.33. The fraction of sp³-hybridized carbons (Fsp3) is 0.375. The number of rotatable bonds is 4. The highest BCUT2D eigenvalue weighted by atomic mass is 19.1. The lowest BCUT2D eigenvalue weighted by Crippen LogP contribution is -2.25. The van der Waals surface area contributed by atoms with E-state index in [4.69, 9.17) is 0 Å². The number of alkyl halides is 1. The van der Waals surface area contributed by atoms with E-state index >= 15 is 0 Å². The number of ketones is 1. The third kappa shape index (κ3) is 4.14. The van der Waals surface area contributed by atoms with Crippen molar-refractivity contribution in [3.8, 4) is 0 Å². The molecule has 29 heavy (non-hydrogen) atoms. The summed E-state index contributed by atoms with van der Waals surface area (Å²) in [5, 5.41) is 2.96. The van der Waals surface area contributed by atoms with Crippen LogP contribution in [-0.2, 0) is 6.42 Å². The highest BCUT2D eigenvalue weighted by Crippen LogP contribution is 2.35. The van der Waals surface area contributed by atoms with Gasteiger partial charge < -0.3 is 5.32 Å². The van der Waals surface area contributed by atoms with E-state index in [0.717, 1.165) is 33.5 Å². The minimum atomic E-state index is -1.33. The fourth-order valence-electron chi connectivity index (χ4n) is 3.76. The average molecular weight is 396 g/mol. The molecule has 0 atom stereocenters. The van der Waals surface area contributed by atoms with Crippen molar-refractivity contribution in [3.63, 3.8) is 0 Å². The summed E-state index contributed by atoms with van der Waals surface area (Å²) in [4.78, 5) is 21.5. The van der Waals surface area contributed by atoms with Gasteiger partial charge in [0.05, 0.1) is 12.2 Å². The Labute approximate surface area is 173 Å². The number of carbonyl (C=O) groups excluding carboxylic acids is 1. The van der Waals surface area contributed by atoms with E-state index in [2.05, 4.69) is 53.4 Å². The smallest absolute Gasteiger partial charge is 0.223 e. The van der Waals surface area contributed by atoms with Crippen LogP contribution >= 0.6 is 0 Å². The molecule has 0 saturated carbocycles. The van der Waals surface area contributed by atoms with Gasteiger partial charge in [0.2, 0.25) is 5.95 Å². The number of anilines is 1. The normalized spacial score (nSPS) is 17.4. The molecule has 0 aliphatic heterocycles. The van der Waals surface area contributed by atoms with Crippen LogP contribution in [0.1, 0.15) is 69.7 Å². The van der Waals surface area contributed by atoms with Gasteiger partial charge in [0.1, 0.15) is 5.67 Å². The molecule has 2 aliphatic carbocycles. The summed E-state index contributed by atoms with van der Waals surface area (Å²) < 4.78 is 13.7. The first-order valence-corrected chi connectivity index (χ1v) is 9.97. The van der Waals surface area contributed by atoms with E-state index in [0.29, 0.717) is 18.8 Å². The van der Waals surface area contributed by atoms with Crippen molar-refractivity contribution in [2.75, 3.05) is 11.9 Å². The third-order valence-electron chi connectivity index (χ3n) is 5.32. The van der Waals surface area contributed by atoms with Crippen LogP contribution in [0.5, 0.6) is 0 Å². The van der Waals surface area contributed by atoms with Crippen molar-refractivity contribution in [2.45, 2.75) is 46.2 Å². The topological polar surface area (TPSA) is 54.9 Å². The van der Waals surface area contributed by atoms with Crippen molar-refractivity contribution in [2.24, 2.45) is 5.41 Å². The Bertz CT molecular complexity index is 1060. The number of fused-ring (bicyclic) bond motifs is 2. The van der Waals surface area contributed by atoms with Crippen molar-refractivity contribution in [3.05, 3.63) is 64.5 Å². The van der Waals surface area contributed by atoms with E-state index < -0.39 is 5.67 Å². The number of halogens is 1. The Kier molecular flexibility index (Phi) is 4.64. The number of allylic oxidation sites excluding steroid dienone is 2. The maximum absolute atomic E-state index is 13.7. The summed E-state index contributed by atoms with van der Waals surface area (Å²) in [5.74, 6) is 0.624. The Balaban J connectivity index is 0.00000171. The number of nitrogens with one attached hydrogen (secondary N) is 1. The lowest BCUT2D eigenvalue weighted by molar-refractivity contribution is 0.0951. The molecule has 0 bridgehead atoms. The van der Waals surface area contributed by atoms with Crippen molar-refractivity contribution >= 4 is 23.4 Å². The summed E-state index contributed by atoms with van der Waals surface area (Å²) in [6.45, 7) is 7.36. The molecule has 0 amide bonds. The van der Waals surface area contributed by atoms with Gasteiger partial charge in [-0.15, -0.1) is 0 Å². The van der Waals surface area contributed by atoms with Gasteiger partial charge in [-0.2, -0.15) is 0 Å². The summed E-state index contributed by atoms with van der Waals surface area (Å²) in [7, 11) is 0. The molecular formula is C24H30FN3O. The molecule has 1 aromatic heterocycles. The lowest BCUT2D eigenvalue weighted by Gasteiger charge is -2.16. The van der Waals surface area contributed by atoms with Crippen LogP contribution in [0.4, 0.5) is 10.3 Å². The zero-order valence-electron chi connectivity index (χ0n) is 17.3. The Morgan fingerprint density at radius 3 is 2.83 bits per heavy atom. The van der Waals surface area contributed by atoms with Crippen LogP contribution < -0.4 is 5.32 Å². The first kappa shape index (κ1) is 19.5. The van der Waals surface area contributed by atoms with Gasteiger partial charge >= 0.3 is 0 Å². The molecule has 1 aromatic carbocycles. The molecular weight excluding hydrogens is 365 g/mol. The molecule has 2 aromatic rings. The third-order valence-corrected chi connectivity index (χ3v) is 5.32. The van der Waals surface area contributed by atoms with E-state index in [9.17, 15) is 9.18 Å². The van der Waals surface area contributed by atoms with Crippen LogP contribution in [-0.4, -0.2) is 28.0 Å². The van der Waals surface area contributed by atoms with E-state index in [1.165, 1.54) is 13.8 Å². The standard InChI is InChI=1S/C24H26FN3O.2H2/c1-23(2)10-9-16-11-15(5-6-18(16)21(29)12-23)17-7-8-20-19(17)13-26-22(28-20)27-14-24(3,4)25;;/h5-7,9-11,13H,8,12,14H2,1-4H3,(H,26,27,28);2*1H. The molecule has 0 fully saturated rings. The van der Waals surface area contributed by atoms with Crippen LogP contribution in [0.15, 0.2) is 36.5 Å². The molecule has 1 heterocycles. The number of aromatic nitrogens is 2. The summed E-state index contributed by atoms with van der Waals surface area (Å²) in [5.41, 5.74) is 4.30. The van der Waals surface area contributed by atoms with Crippen LogP contribution in [0, 0.1) is 5.41 Å². The van der Waals surface area contributed by atoms with Crippen molar-refractivity contribution in [1.82, 2.24) is 9.97 Å². The average Bonchev–Trinajstić information content (AvgIpc) is 3.02. The van der Waals surface area contributed by atoms with Gasteiger partial charge in [0.15, 0.2) is 5.78 Å². The van der Waals surface area contributed by atoms with Gasteiger partial charge in [-0.25, -0.2) is 14.4 Å². The quantitative estimate of drug-likeness (QED) is 0.717. The number of benzene rings is 1. The Hall–Kier alpha value is -2.82. The second-order valence-corrected chi connectivity index (χ2v) is 9.17. The SMILES string of the molecule is CC(C)(F)CNc1ncc2c(n1)CC=C2c1ccc2c(c1)C=CC(C)(C)CC2=O.[HH].[HH]. The van der Waals surface area contributed by atoms with Gasteiger partial charge in [-0.05, 0) is 42.0 Å². The van der Waals surface area contributed by atoms with Crippen molar-refractivity contribution < 1.29 is 12.0 Å². The van der Waals surface area contributed by atoms with Gasteiger partial charge in [0, 0.05) is 33.0 Å². The van der Waals surface area contributed by atoms with Crippen molar-refractivity contribution in [1.29, 1.82) is 0 Å². The van der Waals surface area contributed by atoms with E-state index in [1.54, 1.807) is 6.20 Å². The molecule has 4 rings (SSSR count). The highest BCUT2D eigenvalue weighted by Gasteiger charge is 2.26. The van der Waals surface area contributed by atoms with E-state index in [1.807, 2.05) is 12.1 Å². The van der Waals surface area contributed by atoms with Gasteiger partial charge in [-0.1, -0.05) is 44.2 Å². The lowest BCUT2D eigenvalue weighted by atomic mass is 9.87. The predicted octanol–water partition coefficient (Wildman–Crippen LogP) is 5.74. The molecule has 0 spiro atoms. The molecule has 0 radical (unpaired) electrons. The molecule has 2 aliphatic rings. The van der Waals surface area contributed by atoms with Crippen LogP contribution in [0.25, 0.3) is 11.6 Å². The fourth-order valence-corrected chi connectivity index (χ4v) is 3.76. The van der Waals surface area contributed by atoms with Gasteiger partial charge in [-0.3, -0.25) is 4.79 Å². The number of hydrogen-bond acceptors (Lipinski definition) is 4. The number of hydrogen-bond donors (Lipinski definition) is 1. The zero-order valence-corrected chi connectivity index (χ0v) is 17.3. The summed E-state index contributed by atoms with van der Waals surface area (Å²) in [6, 6.07) is 6.00. The number of nitrogens with zero attached hydrogens (tertiary/aromatic N) is 2. The Morgan fingerprint density at radius 1 is 1.28 bits per heavy atom. The largest absolute Gasteiger partial charge is 0.351 e. The molecule has 0 unspecified atom stereocenters. The van der Waals surface area contributed by atoms with E-state index in [-0.39, 0.29) is 20.6 Å². The molecule has 4 nitrogen and oxygen atoms in total. The minimum absolute atomic E-state index is 0. The monoisotopic (exact) mass is 395 g/mol. The van der Waals surface area contributed by atoms with Gasteiger partial charge in [0.25, 0.3) is 0 Å². The molecule has 5 heteroatoms. The predicted molar refractivity (Wildman–Crippen MR) is 119 cm³/mol. The highest BCUT2D eigenvalue weighted by molar-refractivity contribution is 6.01. The first-order valence-electron chi connectivity index (χ1n) is 9.97. The zero-order chi connectivity index (χ0) is 20.8. The number of carbonyl (C=O) groups is 1. The first-order chi connectivity index (χ1) is 13.6. The number of Topliss-reactive ketones (excluding diaryl/α,β-unsaturated/α-hetero) is 1. The molecule has 154 valence electrons. The second-order valence-electron chi connectivity index (χ2n) is 9.17. The molecule has 1 N–H and O–H groups in total. The van der Waals surface area contributed by atoms with Crippen LogP contribution in [0.3, 0.4) is 0 Å².